The maximum atomic E-state index is 13.9. The van der Waals surface area contributed by atoms with Gasteiger partial charge in [0, 0.05) is 23.4 Å². The number of hydrogen-bond donors (Lipinski definition) is 1. The molecule has 3 unspecified atom stereocenters. The largest absolute Gasteiger partial charge is 0.311 e. The van der Waals surface area contributed by atoms with Gasteiger partial charge in [-0.05, 0) is 31.6 Å². The minimum absolute atomic E-state index is 0.123. The van der Waals surface area contributed by atoms with Crippen LogP contribution in [0.4, 0.5) is 8.78 Å². The second-order valence-electron chi connectivity index (χ2n) is 6.05. The van der Waals surface area contributed by atoms with Crippen LogP contribution in [0.15, 0.2) is 0 Å². The van der Waals surface area contributed by atoms with Crippen molar-refractivity contribution >= 4 is 0 Å². The average molecular weight is 215 g/mol. The van der Waals surface area contributed by atoms with E-state index in [9.17, 15) is 8.78 Å². The molecule has 0 radical (unpaired) electrons. The molecule has 0 aromatic rings. The number of hydrogen-bond acceptors (Lipinski definition) is 1. The van der Waals surface area contributed by atoms with Crippen LogP contribution in [0.3, 0.4) is 0 Å². The zero-order valence-corrected chi connectivity index (χ0v) is 9.39. The normalized spacial score (nSPS) is 51.4. The minimum atomic E-state index is -2.38. The van der Waals surface area contributed by atoms with Crippen LogP contribution in [0.5, 0.6) is 0 Å². The van der Waals surface area contributed by atoms with Crippen molar-refractivity contribution in [3.63, 3.8) is 0 Å². The van der Waals surface area contributed by atoms with E-state index in [0.717, 1.165) is 12.8 Å². The first-order valence-electron chi connectivity index (χ1n) is 6.11. The highest BCUT2D eigenvalue weighted by Crippen LogP contribution is 2.74. The van der Waals surface area contributed by atoms with Gasteiger partial charge < -0.3 is 5.32 Å². The summed E-state index contributed by atoms with van der Waals surface area (Å²) in [5.41, 5.74) is -0.627. The Balaban J connectivity index is 1.87. The summed E-state index contributed by atoms with van der Waals surface area (Å²) in [5, 5.41) is 3.45. The van der Waals surface area contributed by atoms with Crippen LogP contribution in [0, 0.1) is 17.3 Å². The molecule has 3 aliphatic rings. The van der Waals surface area contributed by atoms with Gasteiger partial charge in [0.05, 0.1) is 0 Å². The molecule has 0 amide bonds. The molecule has 3 fully saturated rings. The summed E-state index contributed by atoms with van der Waals surface area (Å²) in [7, 11) is 0. The van der Waals surface area contributed by atoms with Crippen molar-refractivity contribution in [2.75, 3.05) is 0 Å². The molecule has 0 aromatic heterocycles. The Morgan fingerprint density at radius 3 is 2.07 bits per heavy atom. The topological polar surface area (TPSA) is 12.0 Å². The molecule has 3 atom stereocenters. The second-order valence-corrected chi connectivity index (χ2v) is 6.05. The van der Waals surface area contributed by atoms with E-state index >= 15 is 0 Å². The van der Waals surface area contributed by atoms with E-state index in [-0.39, 0.29) is 11.8 Å². The van der Waals surface area contributed by atoms with Crippen LogP contribution in [0.2, 0.25) is 0 Å². The molecule has 1 nitrogen and oxygen atoms in total. The molecular formula is C12H19F2N. The number of halogens is 2. The molecule has 1 spiro atoms. The summed E-state index contributed by atoms with van der Waals surface area (Å²) in [6.07, 6.45) is 3.62. The van der Waals surface area contributed by atoms with Crippen LogP contribution in [0.25, 0.3) is 0 Å². The first kappa shape index (κ1) is 10.0. The van der Waals surface area contributed by atoms with Crippen molar-refractivity contribution in [2.45, 2.75) is 57.5 Å². The smallest absolute Gasteiger partial charge is 0.258 e. The standard InChI is InChI=1S/C12H19F2N/c1-7(2)10-11(12(10,13)14)5-8-3-4-9(6-11)15-8/h7-10,15H,3-6H2,1-2H3. The molecule has 1 N–H and O–H groups in total. The monoisotopic (exact) mass is 215 g/mol. The predicted octanol–water partition coefficient (Wildman–Crippen LogP) is 2.81. The van der Waals surface area contributed by atoms with E-state index in [1.807, 2.05) is 13.8 Å². The Bertz CT molecular complexity index is 275. The van der Waals surface area contributed by atoms with Gasteiger partial charge >= 0.3 is 0 Å². The number of piperidine rings is 1. The molecule has 3 heteroatoms. The fourth-order valence-corrected chi connectivity index (χ4v) is 4.31. The van der Waals surface area contributed by atoms with Gasteiger partial charge in [0.25, 0.3) is 5.92 Å². The lowest BCUT2D eigenvalue weighted by Crippen LogP contribution is -2.41. The Kier molecular flexibility index (Phi) is 1.82. The van der Waals surface area contributed by atoms with Crippen molar-refractivity contribution in [2.24, 2.45) is 17.3 Å². The zero-order chi connectivity index (χ0) is 10.8. The van der Waals surface area contributed by atoms with Crippen LogP contribution >= 0.6 is 0 Å². The fraction of sp³-hybridized carbons (Fsp3) is 1.00. The number of rotatable bonds is 1. The highest BCUT2D eigenvalue weighted by atomic mass is 19.3. The van der Waals surface area contributed by atoms with E-state index in [0.29, 0.717) is 24.9 Å². The van der Waals surface area contributed by atoms with Gasteiger partial charge in [0.1, 0.15) is 0 Å². The molecule has 2 aliphatic heterocycles. The highest BCUT2D eigenvalue weighted by molar-refractivity contribution is 5.23. The predicted molar refractivity (Wildman–Crippen MR) is 54.9 cm³/mol. The quantitative estimate of drug-likeness (QED) is 0.709. The summed E-state index contributed by atoms with van der Waals surface area (Å²) >= 11 is 0. The van der Waals surface area contributed by atoms with Gasteiger partial charge in [-0.25, -0.2) is 8.78 Å². The van der Waals surface area contributed by atoms with Crippen LogP contribution in [-0.2, 0) is 0 Å². The third kappa shape index (κ3) is 1.10. The second kappa shape index (κ2) is 2.73. The van der Waals surface area contributed by atoms with E-state index in [1.54, 1.807) is 0 Å². The van der Waals surface area contributed by atoms with Crippen molar-refractivity contribution in [1.82, 2.24) is 5.32 Å². The van der Waals surface area contributed by atoms with Crippen molar-refractivity contribution < 1.29 is 8.78 Å². The summed E-state index contributed by atoms with van der Waals surface area (Å²) in [4.78, 5) is 0. The fourth-order valence-electron chi connectivity index (χ4n) is 4.31. The molecule has 2 bridgehead atoms. The molecule has 2 heterocycles. The Morgan fingerprint density at radius 2 is 1.67 bits per heavy atom. The lowest BCUT2D eigenvalue weighted by Gasteiger charge is -2.30. The van der Waals surface area contributed by atoms with Crippen molar-refractivity contribution in [1.29, 1.82) is 0 Å². The summed E-state index contributed by atoms with van der Waals surface area (Å²) in [6, 6.07) is 0.747. The Hall–Kier alpha value is -0.180. The van der Waals surface area contributed by atoms with Gasteiger partial charge in [-0.3, -0.25) is 0 Å². The first-order chi connectivity index (χ1) is 6.97. The molecule has 0 aromatic carbocycles. The maximum absolute atomic E-state index is 13.9. The third-order valence-electron chi connectivity index (χ3n) is 4.79. The van der Waals surface area contributed by atoms with Gasteiger partial charge in [0.2, 0.25) is 0 Å². The van der Waals surface area contributed by atoms with Crippen LogP contribution in [0.1, 0.15) is 39.5 Å². The lowest BCUT2D eigenvalue weighted by molar-refractivity contribution is 0.0368. The number of alkyl halides is 2. The SMILES string of the molecule is CC(C)C1C(F)(F)C12CC1CCC(C2)N1. The van der Waals surface area contributed by atoms with Crippen LogP contribution in [-0.4, -0.2) is 18.0 Å². The summed E-state index contributed by atoms with van der Waals surface area (Å²) < 4.78 is 27.9. The maximum Gasteiger partial charge on any atom is 0.258 e. The van der Waals surface area contributed by atoms with Gasteiger partial charge in [0.15, 0.2) is 0 Å². The van der Waals surface area contributed by atoms with Crippen molar-refractivity contribution in [3.05, 3.63) is 0 Å². The molecule has 86 valence electrons. The Labute approximate surface area is 89.6 Å². The molecule has 1 saturated carbocycles. The highest BCUT2D eigenvalue weighted by Gasteiger charge is 2.81. The molecular weight excluding hydrogens is 196 g/mol. The van der Waals surface area contributed by atoms with E-state index in [1.165, 1.54) is 0 Å². The third-order valence-corrected chi connectivity index (χ3v) is 4.79. The van der Waals surface area contributed by atoms with Crippen LogP contribution < -0.4 is 5.32 Å². The van der Waals surface area contributed by atoms with E-state index in [4.69, 9.17) is 0 Å². The Morgan fingerprint density at radius 1 is 1.13 bits per heavy atom. The zero-order valence-electron chi connectivity index (χ0n) is 9.39. The summed E-state index contributed by atoms with van der Waals surface area (Å²) in [5.74, 6) is -2.61. The lowest BCUT2D eigenvalue weighted by atomic mass is 9.84. The van der Waals surface area contributed by atoms with Crippen molar-refractivity contribution in [3.8, 4) is 0 Å². The van der Waals surface area contributed by atoms with Gasteiger partial charge in [-0.1, -0.05) is 13.8 Å². The van der Waals surface area contributed by atoms with E-state index < -0.39 is 11.3 Å². The molecule has 15 heavy (non-hydrogen) atoms. The number of fused-ring (bicyclic) bond motifs is 2. The minimum Gasteiger partial charge on any atom is -0.311 e. The average Bonchev–Trinajstić information content (AvgIpc) is 2.42. The van der Waals surface area contributed by atoms with Gasteiger partial charge in [-0.15, -0.1) is 0 Å². The molecule has 3 rings (SSSR count). The molecule has 2 saturated heterocycles. The first-order valence-corrected chi connectivity index (χ1v) is 6.11. The van der Waals surface area contributed by atoms with Gasteiger partial charge in [-0.2, -0.15) is 0 Å². The van der Waals surface area contributed by atoms with E-state index in [2.05, 4.69) is 5.32 Å². The molecule has 1 aliphatic carbocycles. The number of nitrogens with one attached hydrogen (secondary N) is 1. The summed E-state index contributed by atoms with van der Waals surface area (Å²) in [6.45, 7) is 3.88.